The van der Waals surface area contributed by atoms with Gasteiger partial charge >= 0.3 is 0 Å². The van der Waals surface area contributed by atoms with Gasteiger partial charge in [-0.25, -0.2) is 9.07 Å². The van der Waals surface area contributed by atoms with E-state index >= 15 is 0 Å². The molecule has 21 heavy (non-hydrogen) atoms. The predicted molar refractivity (Wildman–Crippen MR) is 75.5 cm³/mol. The number of carbonyl (C=O) groups is 1. The Morgan fingerprint density at radius 3 is 2.76 bits per heavy atom. The Labute approximate surface area is 120 Å². The first kappa shape index (κ1) is 13.5. The van der Waals surface area contributed by atoms with E-state index in [1.54, 1.807) is 12.1 Å². The van der Waals surface area contributed by atoms with Crippen molar-refractivity contribution in [3.63, 3.8) is 0 Å². The Morgan fingerprint density at radius 1 is 1.29 bits per heavy atom. The number of rotatable bonds is 4. The summed E-state index contributed by atoms with van der Waals surface area (Å²) in [5.74, 6) is -0.605. The molecule has 5 nitrogen and oxygen atoms in total. The first-order valence-electron chi connectivity index (χ1n) is 6.76. The Hall–Kier alpha value is -2.50. The van der Waals surface area contributed by atoms with Gasteiger partial charge in [-0.2, -0.15) is 5.10 Å². The maximum atomic E-state index is 13.4. The van der Waals surface area contributed by atoms with Crippen molar-refractivity contribution in [1.82, 2.24) is 9.78 Å². The van der Waals surface area contributed by atoms with Gasteiger partial charge in [0.15, 0.2) is 0 Å². The quantitative estimate of drug-likeness (QED) is 0.934. The van der Waals surface area contributed by atoms with E-state index in [2.05, 4.69) is 10.4 Å². The number of aromatic nitrogens is 2. The summed E-state index contributed by atoms with van der Waals surface area (Å²) < 4.78 is 14.6. The highest BCUT2D eigenvalue weighted by molar-refractivity contribution is 5.90. The van der Waals surface area contributed by atoms with Crippen molar-refractivity contribution >= 4 is 11.6 Å². The number of anilines is 1. The van der Waals surface area contributed by atoms with Gasteiger partial charge in [-0.1, -0.05) is 12.1 Å². The minimum Gasteiger partial charge on any atom is -0.322 e. The Balaban J connectivity index is 1.74. The molecule has 0 saturated heterocycles. The molecular weight excluding hydrogens is 273 g/mol. The van der Waals surface area contributed by atoms with E-state index in [9.17, 15) is 14.0 Å². The monoisotopic (exact) mass is 287 g/mol. The molecule has 1 amide bonds. The van der Waals surface area contributed by atoms with Crippen LogP contribution < -0.4 is 10.9 Å². The fourth-order valence-corrected chi connectivity index (χ4v) is 2.06. The number of carbonyl (C=O) groups excluding carboxylic acids is 1. The fraction of sp³-hybridized carbons (Fsp3) is 0.267. The van der Waals surface area contributed by atoms with Gasteiger partial charge in [0.05, 0.1) is 11.4 Å². The molecule has 1 saturated carbocycles. The van der Waals surface area contributed by atoms with Gasteiger partial charge in [-0.05, 0) is 31.0 Å². The topological polar surface area (TPSA) is 64.0 Å². The van der Waals surface area contributed by atoms with E-state index in [1.165, 1.54) is 24.3 Å². The predicted octanol–water partition coefficient (Wildman–Crippen LogP) is 1.90. The molecular formula is C15H14FN3O2. The Bertz CT molecular complexity index is 738. The summed E-state index contributed by atoms with van der Waals surface area (Å²) in [6.07, 6.45) is 2.12. The first-order chi connectivity index (χ1) is 10.1. The van der Waals surface area contributed by atoms with Crippen LogP contribution >= 0.6 is 0 Å². The second kappa shape index (κ2) is 5.47. The molecule has 1 N–H and O–H groups in total. The molecule has 0 radical (unpaired) electrons. The summed E-state index contributed by atoms with van der Waals surface area (Å²) in [5, 5.41) is 6.62. The van der Waals surface area contributed by atoms with Crippen molar-refractivity contribution in [1.29, 1.82) is 0 Å². The zero-order valence-electron chi connectivity index (χ0n) is 11.3. The Morgan fingerprint density at radius 2 is 2.05 bits per heavy atom. The molecule has 108 valence electrons. The number of benzene rings is 1. The van der Waals surface area contributed by atoms with Crippen molar-refractivity contribution < 1.29 is 9.18 Å². The second-order valence-electron chi connectivity index (χ2n) is 5.06. The third kappa shape index (κ3) is 3.16. The summed E-state index contributed by atoms with van der Waals surface area (Å²) in [6, 6.07) is 8.99. The van der Waals surface area contributed by atoms with Crippen LogP contribution in [-0.2, 0) is 11.3 Å². The van der Waals surface area contributed by atoms with Gasteiger partial charge in [0.1, 0.15) is 12.4 Å². The van der Waals surface area contributed by atoms with Crippen LogP contribution in [0, 0.1) is 5.82 Å². The maximum absolute atomic E-state index is 13.4. The molecule has 3 rings (SSSR count). The van der Waals surface area contributed by atoms with Crippen LogP contribution in [0.2, 0.25) is 0 Å². The van der Waals surface area contributed by atoms with Gasteiger partial charge in [0.25, 0.3) is 5.56 Å². The molecule has 0 atom stereocenters. The summed E-state index contributed by atoms with van der Waals surface area (Å²) >= 11 is 0. The minimum absolute atomic E-state index is 0.0916. The SMILES string of the molecule is O=C(Cn1nc(C2CC2)ccc1=O)Nc1ccccc1F. The number of hydrogen-bond acceptors (Lipinski definition) is 3. The molecule has 0 spiro atoms. The molecule has 0 bridgehead atoms. The van der Waals surface area contributed by atoms with Gasteiger partial charge < -0.3 is 5.32 Å². The molecule has 0 unspecified atom stereocenters. The van der Waals surface area contributed by atoms with Crippen LogP contribution in [0.4, 0.5) is 10.1 Å². The number of hydrogen-bond donors (Lipinski definition) is 1. The van der Waals surface area contributed by atoms with Crippen molar-refractivity contribution in [3.8, 4) is 0 Å². The summed E-state index contributed by atoms with van der Waals surface area (Å²) in [5.41, 5.74) is 0.574. The smallest absolute Gasteiger partial charge is 0.267 e. The highest BCUT2D eigenvalue weighted by Crippen LogP contribution is 2.38. The van der Waals surface area contributed by atoms with Gasteiger partial charge in [0.2, 0.25) is 5.91 Å². The number of amides is 1. The molecule has 1 aromatic carbocycles. The first-order valence-corrected chi connectivity index (χ1v) is 6.76. The average Bonchev–Trinajstić information content (AvgIpc) is 3.28. The van der Waals surface area contributed by atoms with E-state index < -0.39 is 11.7 Å². The van der Waals surface area contributed by atoms with Crippen molar-refractivity contribution in [2.75, 3.05) is 5.32 Å². The number of para-hydroxylation sites is 1. The summed E-state index contributed by atoms with van der Waals surface area (Å²) in [6.45, 7) is -0.228. The average molecular weight is 287 g/mol. The van der Waals surface area contributed by atoms with Crippen molar-refractivity contribution in [2.24, 2.45) is 0 Å². The fourth-order valence-electron chi connectivity index (χ4n) is 2.06. The van der Waals surface area contributed by atoms with Crippen LogP contribution in [0.15, 0.2) is 41.2 Å². The zero-order chi connectivity index (χ0) is 14.8. The molecule has 1 aromatic heterocycles. The third-order valence-electron chi connectivity index (χ3n) is 3.32. The second-order valence-corrected chi connectivity index (χ2v) is 5.06. The van der Waals surface area contributed by atoms with Crippen LogP contribution in [0.25, 0.3) is 0 Å². The Kier molecular flexibility index (Phi) is 3.51. The highest BCUT2D eigenvalue weighted by Gasteiger charge is 2.25. The molecule has 1 aliphatic rings. The lowest BCUT2D eigenvalue weighted by atomic mass is 10.3. The lowest BCUT2D eigenvalue weighted by molar-refractivity contribution is -0.117. The van der Waals surface area contributed by atoms with Gasteiger partial charge in [-0.3, -0.25) is 9.59 Å². The standard InChI is InChI=1S/C15H14FN3O2/c16-11-3-1-2-4-13(11)17-14(20)9-19-15(21)8-7-12(18-19)10-5-6-10/h1-4,7-8,10H,5-6,9H2,(H,17,20). The minimum atomic E-state index is -0.516. The van der Waals surface area contributed by atoms with Gasteiger partial charge in [0, 0.05) is 12.0 Å². The van der Waals surface area contributed by atoms with E-state index in [0.29, 0.717) is 5.92 Å². The highest BCUT2D eigenvalue weighted by atomic mass is 19.1. The summed E-state index contributed by atoms with van der Waals surface area (Å²) in [4.78, 5) is 23.6. The lowest BCUT2D eigenvalue weighted by Gasteiger charge is -2.08. The van der Waals surface area contributed by atoms with Crippen LogP contribution in [0.5, 0.6) is 0 Å². The van der Waals surface area contributed by atoms with Crippen LogP contribution in [-0.4, -0.2) is 15.7 Å². The van der Waals surface area contributed by atoms with Crippen molar-refractivity contribution in [2.45, 2.75) is 25.3 Å². The van der Waals surface area contributed by atoms with E-state index in [1.807, 2.05) is 0 Å². The molecule has 2 aromatic rings. The van der Waals surface area contributed by atoms with E-state index in [4.69, 9.17) is 0 Å². The van der Waals surface area contributed by atoms with Crippen LogP contribution in [0.3, 0.4) is 0 Å². The van der Waals surface area contributed by atoms with E-state index in [-0.39, 0.29) is 17.8 Å². The third-order valence-corrected chi connectivity index (χ3v) is 3.32. The van der Waals surface area contributed by atoms with Crippen molar-refractivity contribution in [3.05, 3.63) is 58.3 Å². The number of nitrogens with one attached hydrogen (secondary N) is 1. The van der Waals surface area contributed by atoms with Gasteiger partial charge in [-0.15, -0.1) is 0 Å². The molecule has 1 fully saturated rings. The maximum Gasteiger partial charge on any atom is 0.267 e. The largest absolute Gasteiger partial charge is 0.322 e. The summed E-state index contributed by atoms with van der Waals surface area (Å²) in [7, 11) is 0. The molecule has 1 aliphatic carbocycles. The van der Waals surface area contributed by atoms with E-state index in [0.717, 1.165) is 23.2 Å². The lowest BCUT2D eigenvalue weighted by Crippen LogP contribution is -2.29. The van der Waals surface area contributed by atoms with Crippen LogP contribution in [0.1, 0.15) is 24.5 Å². The zero-order valence-corrected chi connectivity index (χ0v) is 11.3. The normalized spacial score (nSPS) is 14.0. The number of halogens is 1. The molecule has 1 heterocycles. The number of nitrogens with zero attached hydrogens (tertiary/aromatic N) is 2. The molecule has 0 aliphatic heterocycles. The molecule has 6 heteroatoms.